The van der Waals surface area contributed by atoms with E-state index in [1.807, 2.05) is 13.8 Å². The van der Waals surface area contributed by atoms with Gasteiger partial charge in [0.05, 0.1) is 0 Å². The molecule has 0 radical (unpaired) electrons. The second-order valence-electron chi connectivity index (χ2n) is 5.64. The van der Waals surface area contributed by atoms with E-state index in [1.165, 1.54) is 12.1 Å². The minimum atomic E-state index is -0.331. The number of amides is 1. The zero-order valence-corrected chi connectivity index (χ0v) is 13.3. The molecule has 0 unspecified atom stereocenters. The molecule has 122 valence electrons. The summed E-state index contributed by atoms with van der Waals surface area (Å²) in [5, 5.41) is 6.77. The molecule has 1 heterocycles. The van der Waals surface area contributed by atoms with Crippen LogP contribution in [0.2, 0.25) is 0 Å². The molecule has 1 aromatic heterocycles. The van der Waals surface area contributed by atoms with Crippen molar-refractivity contribution < 1.29 is 13.7 Å². The Morgan fingerprint density at radius 1 is 1.12 bits per heavy atom. The van der Waals surface area contributed by atoms with E-state index < -0.39 is 0 Å². The highest BCUT2D eigenvalue weighted by Crippen LogP contribution is 2.23. The topological polar surface area (TPSA) is 68.0 Å². The highest BCUT2D eigenvalue weighted by molar-refractivity contribution is 5.95. The summed E-state index contributed by atoms with van der Waals surface area (Å²) in [5.74, 6) is 0.173. The van der Waals surface area contributed by atoms with Gasteiger partial charge in [-0.1, -0.05) is 17.3 Å². The zero-order valence-electron chi connectivity index (χ0n) is 13.3. The Morgan fingerprint density at radius 3 is 2.58 bits per heavy atom. The second kappa shape index (κ2) is 6.62. The summed E-state index contributed by atoms with van der Waals surface area (Å²) in [6.07, 6.45) is 0. The van der Waals surface area contributed by atoms with E-state index in [9.17, 15) is 9.18 Å². The lowest BCUT2D eigenvalue weighted by atomic mass is 10.1. The molecule has 3 aromatic rings. The number of nitrogens with one attached hydrogen (secondary N) is 1. The third kappa shape index (κ3) is 3.48. The molecular weight excluding hydrogens is 309 g/mol. The average Bonchev–Trinajstić information content (AvgIpc) is 3.05. The van der Waals surface area contributed by atoms with Gasteiger partial charge in [0.25, 0.3) is 11.8 Å². The molecule has 5 nitrogen and oxygen atoms in total. The van der Waals surface area contributed by atoms with Crippen LogP contribution in [0.25, 0.3) is 22.8 Å². The van der Waals surface area contributed by atoms with Gasteiger partial charge < -0.3 is 9.84 Å². The molecule has 0 atom stereocenters. The van der Waals surface area contributed by atoms with E-state index in [2.05, 4.69) is 15.5 Å². The fourth-order valence-corrected chi connectivity index (χ4v) is 2.20. The van der Waals surface area contributed by atoms with Crippen LogP contribution in [-0.4, -0.2) is 22.1 Å². The maximum atomic E-state index is 13.0. The molecule has 0 spiro atoms. The zero-order chi connectivity index (χ0) is 17.1. The number of nitrogens with zero attached hydrogens (tertiary/aromatic N) is 2. The Morgan fingerprint density at radius 2 is 1.88 bits per heavy atom. The fourth-order valence-electron chi connectivity index (χ4n) is 2.20. The molecule has 6 heteroatoms. The summed E-state index contributed by atoms with van der Waals surface area (Å²) in [6.45, 7) is 3.80. The first kappa shape index (κ1) is 15.9. The summed E-state index contributed by atoms with van der Waals surface area (Å²) in [7, 11) is 0. The first-order valence-electron chi connectivity index (χ1n) is 7.54. The molecule has 0 fully saturated rings. The molecule has 24 heavy (non-hydrogen) atoms. The normalized spacial score (nSPS) is 10.8. The van der Waals surface area contributed by atoms with Gasteiger partial charge in [0.15, 0.2) is 0 Å². The van der Waals surface area contributed by atoms with Crippen molar-refractivity contribution in [2.45, 2.75) is 19.9 Å². The summed E-state index contributed by atoms with van der Waals surface area (Å²) < 4.78 is 18.2. The molecule has 1 N–H and O–H groups in total. The first-order valence-corrected chi connectivity index (χ1v) is 7.54. The summed E-state index contributed by atoms with van der Waals surface area (Å²) in [6, 6.07) is 12.8. The minimum absolute atomic E-state index is 0.0522. The molecule has 0 saturated heterocycles. The lowest BCUT2D eigenvalue weighted by Gasteiger charge is -2.08. The van der Waals surface area contributed by atoms with Crippen LogP contribution in [-0.2, 0) is 0 Å². The third-order valence-corrected chi connectivity index (χ3v) is 3.32. The number of rotatable bonds is 4. The molecule has 0 bridgehead atoms. The molecular formula is C18H16FN3O2. The Hall–Kier alpha value is -3.02. The van der Waals surface area contributed by atoms with Crippen molar-refractivity contribution in [3.63, 3.8) is 0 Å². The molecule has 0 aliphatic carbocycles. The van der Waals surface area contributed by atoms with Crippen LogP contribution < -0.4 is 5.32 Å². The minimum Gasteiger partial charge on any atom is -0.350 e. The highest BCUT2D eigenvalue weighted by atomic mass is 19.1. The number of hydrogen-bond acceptors (Lipinski definition) is 4. The van der Waals surface area contributed by atoms with Gasteiger partial charge in [0.2, 0.25) is 5.82 Å². The third-order valence-electron chi connectivity index (χ3n) is 3.32. The van der Waals surface area contributed by atoms with Gasteiger partial charge in [-0.05, 0) is 50.2 Å². The van der Waals surface area contributed by atoms with E-state index in [1.54, 1.807) is 36.4 Å². The van der Waals surface area contributed by atoms with Crippen LogP contribution in [0.15, 0.2) is 53.1 Å². The number of aromatic nitrogens is 2. The van der Waals surface area contributed by atoms with E-state index in [0.717, 1.165) is 0 Å². The van der Waals surface area contributed by atoms with Gasteiger partial charge in [-0.2, -0.15) is 4.98 Å². The molecule has 2 aromatic carbocycles. The van der Waals surface area contributed by atoms with Crippen LogP contribution in [0.4, 0.5) is 4.39 Å². The smallest absolute Gasteiger partial charge is 0.258 e. The van der Waals surface area contributed by atoms with Crippen molar-refractivity contribution >= 4 is 5.91 Å². The van der Waals surface area contributed by atoms with Crippen LogP contribution >= 0.6 is 0 Å². The van der Waals surface area contributed by atoms with Crippen LogP contribution in [0.1, 0.15) is 24.2 Å². The second-order valence-corrected chi connectivity index (χ2v) is 5.64. The van der Waals surface area contributed by atoms with Crippen molar-refractivity contribution in [3.05, 3.63) is 59.9 Å². The Labute approximate surface area is 138 Å². The molecule has 0 saturated carbocycles. The fraction of sp³-hybridized carbons (Fsp3) is 0.167. The highest BCUT2D eigenvalue weighted by Gasteiger charge is 2.13. The Bertz CT molecular complexity index is 857. The standard InChI is InChI=1S/C18H16FN3O2/c1-11(2)20-17(23)14-5-3-4-13(10-14)16-21-18(24-22-16)12-6-8-15(19)9-7-12/h3-11H,1-2H3,(H,20,23). The van der Waals surface area contributed by atoms with Gasteiger partial charge in [0, 0.05) is 22.7 Å². The summed E-state index contributed by atoms with van der Waals surface area (Å²) in [5.41, 5.74) is 1.82. The molecule has 0 aliphatic heterocycles. The van der Waals surface area contributed by atoms with Gasteiger partial charge in [-0.25, -0.2) is 4.39 Å². The maximum absolute atomic E-state index is 13.0. The lowest BCUT2D eigenvalue weighted by Crippen LogP contribution is -2.30. The Balaban J connectivity index is 1.87. The van der Waals surface area contributed by atoms with Crippen molar-refractivity contribution in [2.24, 2.45) is 0 Å². The van der Waals surface area contributed by atoms with Crippen molar-refractivity contribution in [1.29, 1.82) is 0 Å². The average molecular weight is 325 g/mol. The van der Waals surface area contributed by atoms with Gasteiger partial charge in [-0.3, -0.25) is 4.79 Å². The van der Waals surface area contributed by atoms with E-state index in [-0.39, 0.29) is 17.8 Å². The number of carbonyl (C=O) groups is 1. The van der Waals surface area contributed by atoms with Crippen molar-refractivity contribution in [1.82, 2.24) is 15.5 Å². The predicted octanol–water partition coefficient (Wildman–Crippen LogP) is 3.68. The SMILES string of the molecule is CC(C)NC(=O)c1cccc(-c2noc(-c3ccc(F)cc3)n2)c1. The van der Waals surface area contributed by atoms with Crippen LogP contribution in [0.5, 0.6) is 0 Å². The summed E-state index contributed by atoms with van der Waals surface area (Å²) in [4.78, 5) is 16.4. The van der Waals surface area contributed by atoms with Crippen molar-refractivity contribution in [2.75, 3.05) is 0 Å². The van der Waals surface area contributed by atoms with Crippen molar-refractivity contribution in [3.8, 4) is 22.8 Å². The van der Waals surface area contributed by atoms with E-state index in [4.69, 9.17) is 4.52 Å². The van der Waals surface area contributed by atoms with Gasteiger partial charge in [0.1, 0.15) is 5.82 Å². The lowest BCUT2D eigenvalue weighted by molar-refractivity contribution is 0.0943. The molecule has 0 aliphatic rings. The van der Waals surface area contributed by atoms with E-state index >= 15 is 0 Å². The van der Waals surface area contributed by atoms with Gasteiger partial charge >= 0.3 is 0 Å². The van der Waals surface area contributed by atoms with E-state index in [0.29, 0.717) is 28.4 Å². The molecule has 3 rings (SSSR count). The van der Waals surface area contributed by atoms with Crippen LogP contribution in [0, 0.1) is 5.82 Å². The number of carbonyl (C=O) groups excluding carboxylic acids is 1. The largest absolute Gasteiger partial charge is 0.350 e. The predicted molar refractivity (Wildman–Crippen MR) is 87.7 cm³/mol. The monoisotopic (exact) mass is 325 g/mol. The Kier molecular flexibility index (Phi) is 4.37. The summed E-state index contributed by atoms with van der Waals surface area (Å²) >= 11 is 0. The number of hydrogen-bond donors (Lipinski definition) is 1. The van der Waals surface area contributed by atoms with Gasteiger partial charge in [-0.15, -0.1) is 0 Å². The maximum Gasteiger partial charge on any atom is 0.258 e. The molecule has 1 amide bonds. The first-order chi connectivity index (χ1) is 11.5. The number of benzene rings is 2. The quantitative estimate of drug-likeness (QED) is 0.794. The van der Waals surface area contributed by atoms with Crippen LogP contribution in [0.3, 0.4) is 0 Å². The number of halogens is 1.